The maximum absolute atomic E-state index is 5.75. The predicted octanol–water partition coefficient (Wildman–Crippen LogP) is 2.30. The van der Waals surface area contributed by atoms with Gasteiger partial charge in [-0.25, -0.2) is 9.67 Å². The highest BCUT2D eigenvalue weighted by molar-refractivity contribution is 5.32. The zero-order chi connectivity index (χ0) is 13.1. The third-order valence-electron chi connectivity index (χ3n) is 2.89. The molecule has 4 nitrogen and oxygen atoms in total. The van der Waals surface area contributed by atoms with Gasteiger partial charge in [-0.3, -0.25) is 0 Å². The summed E-state index contributed by atoms with van der Waals surface area (Å²) in [6, 6.07) is 6.15. The van der Waals surface area contributed by atoms with Crippen LogP contribution < -0.4 is 5.73 Å². The van der Waals surface area contributed by atoms with Crippen LogP contribution in [0.1, 0.15) is 36.0 Å². The Morgan fingerprint density at radius 1 is 1.22 bits per heavy atom. The molecular formula is C14H20N4. The summed E-state index contributed by atoms with van der Waals surface area (Å²) in [6.45, 7) is 6.71. The Morgan fingerprint density at radius 2 is 2.00 bits per heavy atom. The van der Waals surface area contributed by atoms with E-state index in [0.29, 0.717) is 6.54 Å². The molecule has 2 heterocycles. The molecule has 0 saturated heterocycles. The van der Waals surface area contributed by atoms with E-state index in [1.807, 2.05) is 24.6 Å². The molecule has 0 aromatic carbocycles. The van der Waals surface area contributed by atoms with E-state index >= 15 is 0 Å². The van der Waals surface area contributed by atoms with Crippen LogP contribution in [0.3, 0.4) is 0 Å². The molecule has 0 unspecified atom stereocenters. The molecule has 0 atom stereocenters. The van der Waals surface area contributed by atoms with Crippen molar-refractivity contribution in [3.8, 4) is 5.82 Å². The smallest absolute Gasteiger partial charge is 0.154 e. The third-order valence-corrected chi connectivity index (χ3v) is 2.89. The number of pyridine rings is 1. The molecule has 2 rings (SSSR count). The molecule has 18 heavy (non-hydrogen) atoms. The Morgan fingerprint density at radius 3 is 2.56 bits per heavy atom. The average molecular weight is 244 g/mol. The summed E-state index contributed by atoms with van der Waals surface area (Å²) >= 11 is 0. The van der Waals surface area contributed by atoms with Gasteiger partial charge in [0.1, 0.15) is 0 Å². The van der Waals surface area contributed by atoms with Crippen LogP contribution in [0.25, 0.3) is 5.82 Å². The van der Waals surface area contributed by atoms with E-state index in [1.54, 1.807) is 0 Å². The Hall–Kier alpha value is -1.68. The summed E-state index contributed by atoms with van der Waals surface area (Å²) in [4.78, 5) is 4.66. The van der Waals surface area contributed by atoms with Gasteiger partial charge in [0.2, 0.25) is 0 Å². The molecule has 0 amide bonds. The maximum Gasteiger partial charge on any atom is 0.154 e. The summed E-state index contributed by atoms with van der Waals surface area (Å²) in [7, 11) is 0. The predicted molar refractivity (Wildman–Crippen MR) is 72.7 cm³/mol. The first-order chi connectivity index (χ1) is 8.63. The maximum atomic E-state index is 5.75. The van der Waals surface area contributed by atoms with Crippen LogP contribution in [0.4, 0.5) is 0 Å². The van der Waals surface area contributed by atoms with Gasteiger partial charge in [0.25, 0.3) is 0 Å². The fraction of sp³-hybridized carbons (Fsp3) is 0.429. The van der Waals surface area contributed by atoms with Crippen LogP contribution >= 0.6 is 0 Å². The van der Waals surface area contributed by atoms with Gasteiger partial charge in [-0.05, 0) is 44.0 Å². The molecule has 0 fully saturated rings. The van der Waals surface area contributed by atoms with Crippen LogP contribution in [-0.2, 0) is 13.0 Å². The van der Waals surface area contributed by atoms with Gasteiger partial charge < -0.3 is 5.73 Å². The molecule has 0 bridgehead atoms. The van der Waals surface area contributed by atoms with Crippen molar-refractivity contribution in [2.75, 3.05) is 0 Å². The molecule has 0 aliphatic carbocycles. The molecule has 0 saturated carbocycles. The first-order valence-electron chi connectivity index (χ1n) is 6.37. The van der Waals surface area contributed by atoms with Gasteiger partial charge in [-0.15, -0.1) is 0 Å². The molecule has 0 radical (unpaired) electrons. The monoisotopic (exact) mass is 244 g/mol. The normalized spacial score (nSPS) is 10.9. The molecular weight excluding hydrogens is 224 g/mol. The van der Waals surface area contributed by atoms with E-state index in [0.717, 1.165) is 41.3 Å². The zero-order valence-corrected chi connectivity index (χ0v) is 11.3. The lowest BCUT2D eigenvalue weighted by Gasteiger charge is -2.08. The van der Waals surface area contributed by atoms with E-state index in [-0.39, 0.29) is 0 Å². The fourth-order valence-electron chi connectivity index (χ4n) is 2.10. The number of hydrogen-bond donors (Lipinski definition) is 1. The van der Waals surface area contributed by atoms with Crippen LogP contribution in [0, 0.1) is 13.8 Å². The van der Waals surface area contributed by atoms with Crippen molar-refractivity contribution in [3.05, 3.63) is 40.8 Å². The molecule has 2 N–H and O–H groups in total. The van der Waals surface area contributed by atoms with Gasteiger partial charge in [0.15, 0.2) is 5.82 Å². The molecule has 2 aromatic rings. The Balaban J connectivity index is 2.49. The number of hydrogen-bond acceptors (Lipinski definition) is 3. The van der Waals surface area contributed by atoms with E-state index in [4.69, 9.17) is 5.73 Å². The van der Waals surface area contributed by atoms with Crippen molar-refractivity contribution in [1.29, 1.82) is 0 Å². The van der Waals surface area contributed by atoms with E-state index < -0.39 is 0 Å². The number of aryl methyl sites for hydroxylation is 3. The highest BCUT2D eigenvalue weighted by Crippen LogP contribution is 2.14. The van der Waals surface area contributed by atoms with Gasteiger partial charge >= 0.3 is 0 Å². The first-order valence-corrected chi connectivity index (χ1v) is 6.37. The highest BCUT2D eigenvalue weighted by atomic mass is 15.3. The number of nitrogens with two attached hydrogens (primary N) is 1. The Kier molecular flexibility index (Phi) is 3.77. The van der Waals surface area contributed by atoms with Crippen LogP contribution in [0.2, 0.25) is 0 Å². The summed E-state index contributed by atoms with van der Waals surface area (Å²) in [5, 5.41) is 4.47. The summed E-state index contributed by atoms with van der Waals surface area (Å²) in [5.74, 6) is 0.868. The van der Waals surface area contributed by atoms with Crippen LogP contribution in [0.5, 0.6) is 0 Å². The second-order valence-corrected chi connectivity index (χ2v) is 4.62. The number of rotatable bonds is 4. The third kappa shape index (κ3) is 2.59. The van der Waals surface area contributed by atoms with Gasteiger partial charge in [-0.2, -0.15) is 5.10 Å². The van der Waals surface area contributed by atoms with Crippen molar-refractivity contribution in [2.45, 2.75) is 40.2 Å². The second-order valence-electron chi connectivity index (χ2n) is 4.62. The topological polar surface area (TPSA) is 56.7 Å². The first kappa shape index (κ1) is 12.8. The Labute approximate surface area is 108 Å². The average Bonchev–Trinajstić information content (AvgIpc) is 2.68. The lowest BCUT2D eigenvalue weighted by Crippen LogP contribution is -2.07. The Bertz CT molecular complexity index is 543. The van der Waals surface area contributed by atoms with Crippen LogP contribution in [-0.4, -0.2) is 14.8 Å². The highest BCUT2D eigenvalue weighted by Gasteiger charge is 2.07. The van der Waals surface area contributed by atoms with E-state index in [2.05, 4.69) is 29.1 Å². The minimum atomic E-state index is 0.533. The quantitative estimate of drug-likeness (QED) is 0.897. The van der Waals surface area contributed by atoms with Crippen molar-refractivity contribution < 1.29 is 0 Å². The van der Waals surface area contributed by atoms with Crippen LogP contribution in [0.15, 0.2) is 18.2 Å². The lowest BCUT2D eigenvalue weighted by molar-refractivity contribution is 0.781. The molecule has 0 aliphatic rings. The van der Waals surface area contributed by atoms with Gasteiger partial charge in [0.05, 0.1) is 5.69 Å². The van der Waals surface area contributed by atoms with E-state index in [1.165, 1.54) is 0 Å². The molecule has 2 aromatic heterocycles. The van der Waals surface area contributed by atoms with Crippen molar-refractivity contribution in [2.24, 2.45) is 5.73 Å². The minimum Gasteiger partial charge on any atom is -0.326 e. The summed E-state index contributed by atoms with van der Waals surface area (Å²) in [6.07, 6.45) is 2.05. The number of nitrogens with zero attached hydrogens (tertiary/aromatic N) is 3. The van der Waals surface area contributed by atoms with E-state index in [9.17, 15) is 0 Å². The molecule has 96 valence electrons. The van der Waals surface area contributed by atoms with Gasteiger partial charge in [0, 0.05) is 17.9 Å². The van der Waals surface area contributed by atoms with Crippen molar-refractivity contribution in [3.63, 3.8) is 0 Å². The fourth-order valence-corrected chi connectivity index (χ4v) is 2.10. The summed E-state index contributed by atoms with van der Waals surface area (Å²) in [5.41, 5.74) is 10.0. The lowest BCUT2D eigenvalue weighted by atomic mass is 10.1. The van der Waals surface area contributed by atoms with Gasteiger partial charge in [-0.1, -0.05) is 13.3 Å². The minimum absolute atomic E-state index is 0.533. The zero-order valence-electron chi connectivity index (χ0n) is 11.3. The summed E-state index contributed by atoms with van der Waals surface area (Å²) < 4.78 is 1.88. The standard InChI is InChI=1S/C14H20N4/c1-4-5-13-7-12(9-15)8-14(16-13)18-11(3)6-10(2)17-18/h6-8H,4-5,9,15H2,1-3H3. The molecule has 0 spiro atoms. The largest absolute Gasteiger partial charge is 0.326 e. The molecule has 4 heteroatoms. The SMILES string of the molecule is CCCc1cc(CN)cc(-n2nc(C)cc2C)n1. The van der Waals surface area contributed by atoms with Crippen molar-refractivity contribution >= 4 is 0 Å². The number of aromatic nitrogens is 3. The molecule has 0 aliphatic heterocycles. The second kappa shape index (κ2) is 5.31. The van der Waals surface area contributed by atoms with Crippen molar-refractivity contribution in [1.82, 2.24) is 14.8 Å².